The highest BCUT2D eigenvalue weighted by atomic mass is 16.5. The van der Waals surface area contributed by atoms with E-state index in [1.165, 1.54) is 6.07 Å². The zero-order valence-corrected chi connectivity index (χ0v) is 8.29. The van der Waals surface area contributed by atoms with Crippen molar-refractivity contribution in [1.82, 2.24) is 4.73 Å². The van der Waals surface area contributed by atoms with Gasteiger partial charge in [0.15, 0.2) is 5.96 Å². The van der Waals surface area contributed by atoms with Crippen LogP contribution in [0.4, 0.5) is 0 Å². The Morgan fingerprint density at radius 2 is 2.00 bits per heavy atom. The fraction of sp³-hybridized carbons (Fsp3) is 0. The lowest BCUT2D eigenvalue weighted by molar-refractivity contribution is 0.0959. The van der Waals surface area contributed by atoms with Gasteiger partial charge in [-0.3, -0.25) is 4.79 Å². The van der Waals surface area contributed by atoms with Crippen LogP contribution in [-0.2, 0) is 0 Å². The molecule has 0 fully saturated rings. The summed E-state index contributed by atoms with van der Waals surface area (Å²) in [4.78, 5) is 14.9. The van der Waals surface area contributed by atoms with Gasteiger partial charge in [0.1, 0.15) is 5.69 Å². The maximum Gasteiger partial charge on any atom is 0.300 e. The summed E-state index contributed by atoms with van der Waals surface area (Å²) in [5.74, 6) is -1.02. The maximum absolute atomic E-state index is 11.5. The zero-order chi connectivity index (χ0) is 11.7. The van der Waals surface area contributed by atoms with Gasteiger partial charge in [-0.15, -0.1) is 0 Å². The van der Waals surface area contributed by atoms with E-state index in [-0.39, 0.29) is 11.7 Å². The molecule has 0 spiro atoms. The van der Waals surface area contributed by atoms with Gasteiger partial charge in [-0.2, -0.15) is 9.72 Å². The predicted octanol–water partition coefficient (Wildman–Crippen LogP) is 0.292. The van der Waals surface area contributed by atoms with Gasteiger partial charge in [0.05, 0.1) is 5.52 Å². The minimum Gasteiger partial charge on any atom is -0.428 e. The molecule has 0 atom stereocenters. The van der Waals surface area contributed by atoms with Gasteiger partial charge in [-0.05, 0) is 12.1 Å². The smallest absolute Gasteiger partial charge is 0.300 e. The Labute approximate surface area is 90.7 Å². The van der Waals surface area contributed by atoms with Crippen molar-refractivity contribution in [3.05, 3.63) is 36.0 Å². The molecular formula is C10H10N4O2. The normalized spacial score (nSPS) is 10.2. The molecule has 2 rings (SSSR count). The first kappa shape index (κ1) is 10.0. The van der Waals surface area contributed by atoms with Gasteiger partial charge in [-0.25, -0.2) is 0 Å². The van der Waals surface area contributed by atoms with Crippen LogP contribution in [0.3, 0.4) is 0 Å². The lowest BCUT2D eigenvalue weighted by Crippen LogP contribution is -2.24. The Kier molecular flexibility index (Phi) is 2.24. The van der Waals surface area contributed by atoms with E-state index in [4.69, 9.17) is 11.5 Å². The number of hydrogen-bond donors (Lipinski definition) is 3. The van der Waals surface area contributed by atoms with E-state index in [1.807, 2.05) is 0 Å². The quantitative estimate of drug-likeness (QED) is 0.363. The Morgan fingerprint density at radius 1 is 1.31 bits per heavy atom. The molecule has 1 aromatic carbocycles. The monoisotopic (exact) mass is 218 g/mol. The second-order valence-corrected chi connectivity index (χ2v) is 3.24. The standard InChI is InChI=1S/C10H10N4O2/c11-10(12)13-9(15)8-5-6-3-1-2-4-7(6)14(8)16/h1-5,16H,(H4,11,12,13,15). The number of nitrogens with zero attached hydrogens (tertiary/aromatic N) is 2. The Hall–Kier alpha value is -2.50. The second-order valence-electron chi connectivity index (χ2n) is 3.24. The van der Waals surface area contributed by atoms with Crippen molar-refractivity contribution in [2.24, 2.45) is 16.5 Å². The van der Waals surface area contributed by atoms with Crippen LogP contribution in [0, 0.1) is 0 Å². The molecule has 2 aromatic rings. The van der Waals surface area contributed by atoms with E-state index in [9.17, 15) is 10.0 Å². The van der Waals surface area contributed by atoms with Crippen LogP contribution in [-0.4, -0.2) is 21.8 Å². The third-order valence-electron chi connectivity index (χ3n) is 2.14. The number of hydrogen-bond acceptors (Lipinski definition) is 2. The highest BCUT2D eigenvalue weighted by Crippen LogP contribution is 2.18. The topological polar surface area (TPSA) is 107 Å². The molecule has 1 heterocycles. The number of nitrogens with two attached hydrogens (primary N) is 2. The van der Waals surface area contributed by atoms with Gasteiger partial charge in [0.2, 0.25) is 0 Å². The number of guanidine groups is 1. The molecule has 0 radical (unpaired) electrons. The first-order chi connectivity index (χ1) is 7.59. The summed E-state index contributed by atoms with van der Waals surface area (Å²) in [6.45, 7) is 0. The van der Waals surface area contributed by atoms with Crippen molar-refractivity contribution in [2.75, 3.05) is 0 Å². The third kappa shape index (κ3) is 1.56. The molecule has 16 heavy (non-hydrogen) atoms. The molecule has 0 unspecified atom stereocenters. The van der Waals surface area contributed by atoms with Crippen molar-refractivity contribution in [1.29, 1.82) is 0 Å². The molecule has 0 saturated carbocycles. The van der Waals surface area contributed by atoms with E-state index < -0.39 is 5.91 Å². The lowest BCUT2D eigenvalue weighted by atomic mass is 10.2. The Bertz CT molecular complexity index is 582. The van der Waals surface area contributed by atoms with Crippen molar-refractivity contribution >= 4 is 22.8 Å². The largest absolute Gasteiger partial charge is 0.428 e. The fourth-order valence-corrected chi connectivity index (χ4v) is 1.47. The summed E-state index contributed by atoms with van der Waals surface area (Å²) in [5.41, 5.74) is 10.7. The molecule has 6 nitrogen and oxygen atoms in total. The third-order valence-corrected chi connectivity index (χ3v) is 2.14. The van der Waals surface area contributed by atoms with Crippen molar-refractivity contribution in [3.8, 4) is 0 Å². The zero-order valence-electron chi connectivity index (χ0n) is 8.29. The maximum atomic E-state index is 11.5. The SMILES string of the molecule is NC(N)=NC(=O)c1cc2ccccc2n1O. The highest BCUT2D eigenvalue weighted by molar-refractivity contribution is 6.03. The summed E-state index contributed by atoms with van der Waals surface area (Å²) >= 11 is 0. The summed E-state index contributed by atoms with van der Waals surface area (Å²) < 4.78 is 0.768. The number of carbonyl (C=O) groups is 1. The van der Waals surface area contributed by atoms with Crippen LogP contribution in [0.5, 0.6) is 0 Å². The first-order valence-electron chi connectivity index (χ1n) is 4.53. The number of aliphatic imine (C=N–C) groups is 1. The number of para-hydroxylation sites is 1. The minimum atomic E-state index is -0.682. The van der Waals surface area contributed by atoms with Crippen LogP contribution in [0.2, 0.25) is 0 Å². The van der Waals surface area contributed by atoms with Gasteiger partial charge < -0.3 is 16.7 Å². The molecule has 0 bridgehead atoms. The molecule has 82 valence electrons. The average molecular weight is 218 g/mol. The summed E-state index contributed by atoms with van der Waals surface area (Å²) in [6.07, 6.45) is 0. The molecule has 0 aliphatic carbocycles. The molecule has 1 aromatic heterocycles. The Balaban J connectivity index is 2.58. The van der Waals surface area contributed by atoms with Gasteiger partial charge in [0, 0.05) is 5.39 Å². The van der Waals surface area contributed by atoms with Gasteiger partial charge in [-0.1, -0.05) is 18.2 Å². The van der Waals surface area contributed by atoms with Crippen molar-refractivity contribution < 1.29 is 10.0 Å². The molecule has 1 amide bonds. The van der Waals surface area contributed by atoms with Crippen LogP contribution in [0.1, 0.15) is 10.5 Å². The van der Waals surface area contributed by atoms with Crippen molar-refractivity contribution in [2.45, 2.75) is 0 Å². The molecule has 0 aliphatic heterocycles. The second kappa shape index (κ2) is 3.58. The molecule has 0 aliphatic rings. The summed E-state index contributed by atoms with van der Waals surface area (Å²) in [5, 5.41) is 10.5. The number of carbonyl (C=O) groups excluding carboxylic acids is 1. The molecular weight excluding hydrogens is 208 g/mol. The highest BCUT2D eigenvalue weighted by Gasteiger charge is 2.14. The van der Waals surface area contributed by atoms with E-state index in [0.717, 1.165) is 10.1 Å². The number of benzene rings is 1. The van der Waals surface area contributed by atoms with Crippen LogP contribution < -0.4 is 11.5 Å². The average Bonchev–Trinajstić information content (AvgIpc) is 2.56. The van der Waals surface area contributed by atoms with Crippen LogP contribution in [0.25, 0.3) is 10.9 Å². The summed E-state index contributed by atoms with van der Waals surface area (Å²) in [7, 11) is 0. The van der Waals surface area contributed by atoms with E-state index in [2.05, 4.69) is 4.99 Å². The number of rotatable bonds is 1. The number of fused-ring (bicyclic) bond motifs is 1. The fourth-order valence-electron chi connectivity index (χ4n) is 1.47. The molecule has 0 saturated heterocycles. The predicted molar refractivity (Wildman–Crippen MR) is 59.3 cm³/mol. The van der Waals surface area contributed by atoms with Crippen LogP contribution >= 0.6 is 0 Å². The lowest BCUT2D eigenvalue weighted by Gasteiger charge is -1.98. The van der Waals surface area contributed by atoms with E-state index in [0.29, 0.717) is 5.52 Å². The van der Waals surface area contributed by atoms with Crippen molar-refractivity contribution in [3.63, 3.8) is 0 Å². The minimum absolute atomic E-state index is 0.0228. The van der Waals surface area contributed by atoms with Gasteiger partial charge in [0.25, 0.3) is 5.91 Å². The molecule has 6 heteroatoms. The van der Waals surface area contributed by atoms with E-state index >= 15 is 0 Å². The first-order valence-corrected chi connectivity index (χ1v) is 4.53. The Morgan fingerprint density at radius 3 is 2.62 bits per heavy atom. The number of aromatic nitrogens is 1. The van der Waals surface area contributed by atoms with Crippen LogP contribution in [0.15, 0.2) is 35.3 Å². The number of amides is 1. The van der Waals surface area contributed by atoms with E-state index in [1.54, 1.807) is 24.3 Å². The molecule has 5 N–H and O–H groups in total. The summed E-state index contributed by atoms with van der Waals surface area (Å²) in [6, 6.07) is 8.53. The van der Waals surface area contributed by atoms with Gasteiger partial charge >= 0.3 is 0 Å².